The SMILES string of the molecule is CSc1ccc([O-])cc1.[Na+]. The first kappa shape index (κ1) is 10.4. The largest absolute Gasteiger partial charge is 1.00 e. The van der Waals surface area contributed by atoms with Gasteiger partial charge in [0.15, 0.2) is 0 Å². The van der Waals surface area contributed by atoms with Gasteiger partial charge in [-0.2, -0.15) is 0 Å². The van der Waals surface area contributed by atoms with E-state index < -0.39 is 0 Å². The molecule has 0 bridgehead atoms. The van der Waals surface area contributed by atoms with Gasteiger partial charge in [0.25, 0.3) is 0 Å². The Morgan fingerprint density at radius 2 is 1.70 bits per heavy atom. The van der Waals surface area contributed by atoms with E-state index in [2.05, 4.69) is 0 Å². The van der Waals surface area contributed by atoms with Crippen molar-refractivity contribution in [2.45, 2.75) is 4.90 Å². The smallest absolute Gasteiger partial charge is 0.872 e. The first-order valence-electron chi connectivity index (χ1n) is 2.64. The Bertz CT molecular complexity index is 185. The van der Waals surface area contributed by atoms with Crippen LogP contribution in [-0.2, 0) is 0 Å². The molecule has 10 heavy (non-hydrogen) atoms. The average molecular weight is 162 g/mol. The molecule has 0 aliphatic carbocycles. The van der Waals surface area contributed by atoms with Gasteiger partial charge in [-0.05, 0) is 18.4 Å². The molecule has 0 aliphatic heterocycles. The molecule has 0 unspecified atom stereocenters. The van der Waals surface area contributed by atoms with Crippen LogP contribution in [0, 0.1) is 0 Å². The normalized spacial score (nSPS) is 8.50. The summed E-state index contributed by atoms with van der Waals surface area (Å²) in [6.07, 6.45) is 1.99. The van der Waals surface area contributed by atoms with Crippen LogP contribution >= 0.6 is 11.8 Å². The van der Waals surface area contributed by atoms with Crippen molar-refractivity contribution in [1.29, 1.82) is 0 Å². The molecule has 1 aromatic rings. The summed E-state index contributed by atoms with van der Waals surface area (Å²) in [7, 11) is 0. The number of benzene rings is 1. The minimum Gasteiger partial charge on any atom is -0.872 e. The summed E-state index contributed by atoms with van der Waals surface area (Å²) in [5.74, 6) is 0.0767. The maximum Gasteiger partial charge on any atom is 1.00 e. The van der Waals surface area contributed by atoms with Crippen molar-refractivity contribution in [2.24, 2.45) is 0 Å². The molecule has 0 atom stereocenters. The van der Waals surface area contributed by atoms with Crippen molar-refractivity contribution in [3.8, 4) is 5.75 Å². The first-order valence-corrected chi connectivity index (χ1v) is 3.86. The summed E-state index contributed by atoms with van der Waals surface area (Å²) in [4.78, 5) is 1.13. The predicted octanol–water partition coefficient (Wildman–Crippen LogP) is -1.51. The molecule has 48 valence electrons. The number of rotatable bonds is 1. The third kappa shape index (κ3) is 2.97. The van der Waals surface area contributed by atoms with Crippen LogP contribution in [0.5, 0.6) is 5.75 Å². The molecule has 0 saturated carbocycles. The van der Waals surface area contributed by atoms with Gasteiger partial charge in [-0.15, -0.1) is 17.5 Å². The zero-order chi connectivity index (χ0) is 6.69. The van der Waals surface area contributed by atoms with Gasteiger partial charge in [0, 0.05) is 4.90 Å². The summed E-state index contributed by atoms with van der Waals surface area (Å²) < 4.78 is 0. The van der Waals surface area contributed by atoms with Crippen molar-refractivity contribution in [2.75, 3.05) is 6.26 Å². The van der Waals surface area contributed by atoms with E-state index in [0.29, 0.717) is 0 Å². The number of thioether (sulfide) groups is 1. The van der Waals surface area contributed by atoms with Gasteiger partial charge in [-0.1, -0.05) is 12.1 Å². The Labute approximate surface area is 87.1 Å². The van der Waals surface area contributed by atoms with E-state index in [0.717, 1.165) is 4.90 Å². The zero-order valence-electron chi connectivity index (χ0n) is 6.13. The number of hydrogen-bond donors (Lipinski definition) is 0. The molecular weight excluding hydrogens is 155 g/mol. The average Bonchev–Trinajstić information content (AvgIpc) is 1.90. The Kier molecular flexibility index (Phi) is 5.27. The quantitative estimate of drug-likeness (QED) is 0.370. The van der Waals surface area contributed by atoms with Crippen LogP contribution in [0.4, 0.5) is 0 Å². The van der Waals surface area contributed by atoms with E-state index in [4.69, 9.17) is 0 Å². The molecular formula is C7H7NaOS. The fraction of sp³-hybridized carbons (Fsp3) is 0.143. The second-order valence-electron chi connectivity index (χ2n) is 1.68. The maximum atomic E-state index is 10.5. The molecule has 3 heteroatoms. The minimum absolute atomic E-state index is 0. The standard InChI is InChI=1S/C7H8OS.Na/c1-9-7-4-2-6(8)3-5-7;/h2-5,8H,1H3;/q;+1/p-1. The Morgan fingerprint density at radius 3 is 2.10 bits per heavy atom. The van der Waals surface area contributed by atoms with Crippen molar-refractivity contribution >= 4 is 11.8 Å². The van der Waals surface area contributed by atoms with Crippen molar-refractivity contribution in [3.05, 3.63) is 24.3 Å². The molecule has 0 aliphatic rings. The fourth-order valence-corrected chi connectivity index (χ4v) is 0.984. The third-order valence-electron chi connectivity index (χ3n) is 1.06. The Morgan fingerprint density at radius 1 is 1.20 bits per heavy atom. The second-order valence-corrected chi connectivity index (χ2v) is 2.56. The van der Waals surface area contributed by atoms with Gasteiger partial charge in [-0.25, -0.2) is 0 Å². The third-order valence-corrected chi connectivity index (χ3v) is 1.80. The second kappa shape index (κ2) is 5.08. The summed E-state index contributed by atoms with van der Waals surface area (Å²) in [6.45, 7) is 0. The molecule has 0 aromatic heterocycles. The van der Waals surface area contributed by atoms with Gasteiger partial charge >= 0.3 is 29.6 Å². The Balaban J connectivity index is 0.000000810. The molecule has 0 N–H and O–H groups in total. The minimum atomic E-state index is 0. The molecule has 0 spiro atoms. The van der Waals surface area contributed by atoms with Gasteiger partial charge in [0.2, 0.25) is 0 Å². The Hall–Kier alpha value is 0.370. The molecule has 0 saturated heterocycles. The van der Waals surface area contributed by atoms with Gasteiger partial charge < -0.3 is 5.11 Å². The maximum absolute atomic E-state index is 10.5. The van der Waals surface area contributed by atoms with Crippen LogP contribution in [0.1, 0.15) is 0 Å². The summed E-state index contributed by atoms with van der Waals surface area (Å²) >= 11 is 1.64. The molecule has 1 rings (SSSR count). The summed E-state index contributed by atoms with van der Waals surface area (Å²) in [5, 5.41) is 10.5. The monoisotopic (exact) mass is 162 g/mol. The summed E-state index contributed by atoms with van der Waals surface area (Å²) in [6, 6.07) is 6.80. The number of hydrogen-bond acceptors (Lipinski definition) is 2. The van der Waals surface area contributed by atoms with Crippen molar-refractivity contribution in [1.82, 2.24) is 0 Å². The van der Waals surface area contributed by atoms with E-state index in [9.17, 15) is 5.11 Å². The van der Waals surface area contributed by atoms with E-state index in [1.807, 2.05) is 18.4 Å². The topological polar surface area (TPSA) is 23.1 Å². The van der Waals surface area contributed by atoms with E-state index in [-0.39, 0.29) is 35.3 Å². The molecule has 0 radical (unpaired) electrons. The van der Waals surface area contributed by atoms with Crippen molar-refractivity contribution in [3.63, 3.8) is 0 Å². The van der Waals surface area contributed by atoms with Crippen LogP contribution in [0.2, 0.25) is 0 Å². The van der Waals surface area contributed by atoms with E-state index in [1.54, 1.807) is 23.9 Å². The van der Waals surface area contributed by atoms with E-state index >= 15 is 0 Å². The fourth-order valence-electron chi connectivity index (χ4n) is 0.576. The van der Waals surface area contributed by atoms with Gasteiger partial charge in [0.1, 0.15) is 0 Å². The molecule has 0 amide bonds. The summed E-state index contributed by atoms with van der Waals surface area (Å²) in [5.41, 5.74) is 0. The van der Waals surface area contributed by atoms with Crippen molar-refractivity contribution < 1.29 is 34.7 Å². The van der Waals surface area contributed by atoms with Crippen LogP contribution in [-0.4, -0.2) is 6.26 Å². The zero-order valence-corrected chi connectivity index (χ0v) is 8.94. The van der Waals surface area contributed by atoms with Gasteiger partial charge in [-0.3, -0.25) is 0 Å². The molecule has 1 aromatic carbocycles. The molecule has 0 heterocycles. The predicted molar refractivity (Wildman–Crippen MR) is 37.7 cm³/mol. The van der Waals surface area contributed by atoms with Crippen LogP contribution in [0.3, 0.4) is 0 Å². The van der Waals surface area contributed by atoms with Crippen LogP contribution in [0.25, 0.3) is 0 Å². The molecule has 1 nitrogen and oxygen atoms in total. The van der Waals surface area contributed by atoms with Crippen LogP contribution in [0.15, 0.2) is 29.2 Å². The first-order chi connectivity index (χ1) is 4.33. The van der Waals surface area contributed by atoms with Crippen LogP contribution < -0.4 is 34.7 Å². The molecule has 0 fully saturated rings. The van der Waals surface area contributed by atoms with Gasteiger partial charge in [0.05, 0.1) is 0 Å². The van der Waals surface area contributed by atoms with E-state index in [1.165, 1.54) is 0 Å².